The van der Waals surface area contributed by atoms with E-state index in [1.807, 2.05) is 22.9 Å². The number of aromatic nitrogens is 1. The van der Waals surface area contributed by atoms with E-state index in [1.165, 1.54) is 23.5 Å². The lowest BCUT2D eigenvalue weighted by molar-refractivity contribution is -0.136. The van der Waals surface area contributed by atoms with Gasteiger partial charge in [0.25, 0.3) is 11.8 Å². The molecule has 1 aromatic carbocycles. The predicted octanol–water partition coefficient (Wildman–Crippen LogP) is 3.44. The largest absolute Gasteiger partial charge is 0.452 e. The van der Waals surface area contributed by atoms with Crippen LogP contribution in [-0.4, -0.2) is 64.9 Å². The van der Waals surface area contributed by atoms with Crippen molar-refractivity contribution in [1.29, 1.82) is 0 Å². The molecule has 1 saturated heterocycles. The van der Waals surface area contributed by atoms with Gasteiger partial charge < -0.3 is 19.1 Å². The summed E-state index contributed by atoms with van der Waals surface area (Å²) in [5.41, 5.74) is 2.54. The highest BCUT2D eigenvalue weighted by Gasteiger charge is 2.26. The number of hydrogen-bond donors (Lipinski definition) is 0. The lowest BCUT2D eigenvalue weighted by Gasteiger charge is -2.34. The molecule has 33 heavy (non-hydrogen) atoms. The number of esters is 1. The van der Waals surface area contributed by atoms with Crippen LogP contribution in [0, 0.1) is 19.7 Å². The lowest BCUT2D eigenvalue weighted by atomic mass is 10.2. The number of piperazine rings is 1. The zero-order valence-corrected chi connectivity index (χ0v) is 19.2. The maximum Gasteiger partial charge on any atom is 0.340 e. The molecule has 0 aliphatic carbocycles. The van der Waals surface area contributed by atoms with Crippen LogP contribution in [-0.2, 0) is 9.53 Å². The van der Waals surface area contributed by atoms with Crippen LogP contribution in [0.15, 0.2) is 47.8 Å². The number of carbonyl (C=O) groups excluding carboxylic acids is 3. The minimum atomic E-state index is -0.587. The number of carbonyl (C=O) groups is 3. The van der Waals surface area contributed by atoms with Gasteiger partial charge in [0.2, 0.25) is 0 Å². The van der Waals surface area contributed by atoms with Gasteiger partial charge in [0.1, 0.15) is 5.82 Å². The number of rotatable bonds is 5. The van der Waals surface area contributed by atoms with Gasteiger partial charge in [0.15, 0.2) is 6.61 Å². The third-order valence-corrected chi connectivity index (χ3v) is 6.57. The van der Waals surface area contributed by atoms with Gasteiger partial charge in [-0.3, -0.25) is 9.59 Å². The molecule has 9 heteroatoms. The van der Waals surface area contributed by atoms with E-state index in [0.29, 0.717) is 42.3 Å². The van der Waals surface area contributed by atoms with E-state index in [4.69, 9.17) is 4.74 Å². The summed E-state index contributed by atoms with van der Waals surface area (Å²) in [5, 5.41) is 1.86. The molecule has 7 nitrogen and oxygen atoms in total. The van der Waals surface area contributed by atoms with Crippen molar-refractivity contribution in [2.45, 2.75) is 13.8 Å². The van der Waals surface area contributed by atoms with E-state index in [1.54, 1.807) is 41.0 Å². The Morgan fingerprint density at radius 3 is 2.30 bits per heavy atom. The smallest absolute Gasteiger partial charge is 0.340 e. The Morgan fingerprint density at radius 1 is 1.00 bits per heavy atom. The summed E-state index contributed by atoms with van der Waals surface area (Å²) in [6.45, 7) is 4.93. The second-order valence-corrected chi connectivity index (χ2v) is 8.77. The van der Waals surface area contributed by atoms with Gasteiger partial charge in [-0.2, -0.15) is 0 Å². The topological polar surface area (TPSA) is 71.9 Å². The first kappa shape index (κ1) is 22.7. The van der Waals surface area contributed by atoms with Gasteiger partial charge in [0.05, 0.1) is 10.4 Å². The van der Waals surface area contributed by atoms with Gasteiger partial charge in [-0.05, 0) is 55.6 Å². The fourth-order valence-corrected chi connectivity index (χ4v) is 4.66. The van der Waals surface area contributed by atoms with E-state index in [2.05, 4.69) is 0 Å². The van der Waals surface area contributed by atoms with Crippen molar-refractivity contribution in [2.75, 3.05) is 32.8 Å². The SMILES string of the molecule is Cc1cc(C(=O)OCC(=O)N2CCN(C(=O)c3cccs3)CC2)c(C)n1-c1ccc(F)cc1. The molecule has 0 spiro atoms. The molecule has 0 radical (unpaired) electrons. The van der Waals surface area contributed by atoms with Crippen LogP contribution in [0.2, 0.25) is 0 Å². The van der Waals surface area contributed by atoms with E-state index < -0.39 is 5.97 Å². The maximum absolute atomic E-state index is 13.3. The molecule has 0 N–H and O–H groups in total. The number of hydrogen-bond acceptors (Lipinski definition) is 5. The normalized spacial score (nSPS) is 13.8. The summed E-state index contributed by atoms with van der Waals surface area (Å²) < 4.78 is 20.4. The summed E-state index contributed by atoms with van der Waals surface area (Å²) in [6, 6.07) is 11.3. The van der Waals surface area contributed by atoms with Crippen molar-refractivity contribution in [3.05, 3.63) is 75.5 Å². The summed E-state index contributed by atoms with van der Waals surface area (Å²) >= 11 is 1.40. The molecule has 2 aromatic heterocycles. The molecule has 4 rings (SSSR count). The van der Waals surface area contributed by atoms with E-state index in [0.717, 1.165) is 11.4 Å². The minimum absolute atomic E-state index is 0.0277. The number of ether oxygens (including phenoxy) is 1. The molecule has 0 saturated carbocycles. The van der Waals surface area contributed by atoms with Crippen LogP contribution >= 0.6 is 11.3 Å². The standard InChI is InChI=1S/C24H24FN3O4S/c1-16-14-20(17(2)28(16)19-7-5-18(25)6-8-19)24(31)32-15-22(29)26-9-11-27(12-10-26)23(30)21-4-3-13-33-21/h3-8,13-14H,9-12,15H2,1-2H3. The lowest BCUT2D eigenvalue weighted by Crippen LogP contribution is -2.51. The Morgan fingerprint density at radius 2 is 1.67 bits per heavy atom. The first-order chi connectivity index (χ1) is 15.8. The summed E-state index contributed by atoms with van der Waals surface area (Å²) in [7, 11) is 0. The Kier molecular flexibility index (Phi) is 6.60. The Balaban J connectivity index is 1.33. The van der Waals surface area contributed by atoms with Crippen molar-refractivity contribution in [1.82, 2.24) is 14.4 Å². The first-order valence-electron chi connectivity index (χ1n) is 10.6. The highest BCUT2D eigenvalue weighted by Crippen LogP contribution is 2.22. The van der Waals surface area contributed by atoms with Crippen LogP contribution < -0.4 is 0 Å². The van der Waals surface area contributed by atoms with E-state index >= 15 is 0 Å². The zero-order chi connectivity index (χ0) is 23.5. The average Bonchev–Trinajstić information content (AvgIpc) is 3.46. The number of thiophene rings is 1. The number of halogens is 1. The molecular weight excluding hydrogens is 445 g/mol. The molecule has 1 fully saturated rings. The number of aryl methyl sites for hydroxylation is 1. The first-order valence-corrected chi connectivity index (χ1v) is 11.5. The van der Waals surface area contributed by atoms with Crippen LogP contribution in [0.25, 0.3) is 5.69 Å². The fourth-order valence-electron chi connectivity index (χ4n) is 3.97. The van der Waals surface area contributed by atoms with Crippen molar-refractivity contribution in [3.63, 3.8) is 0 Å². The predicted molar refractivity (Wildman–Crippen MR) is 122 cm³/mol. The highest BCUT2D eigenvalue weighted by molar-refractivity contribution is 7.12. The van der Waals surface area contributed by atoms with Crippen molar-refractivity contribution in [3.8, 4) is 5.69 Å². The molecule has 0 bridgehead atoms. The van der Waals surface area contributed by atoms with Gasteiger partial charge in [-0.1, -0.05) is 6.07 Å². The number of nitrogens with zero attached hydrogens (tertiary/aromatic N) is 3. The Bertz CT molecular complexity index is 1160. The molecular formula is C24H24FN3O4S. The average molecular weight is 470 g/mol. The van der Waals surface area contributed by atoms with Crippen LogP contribution in [0.4, 0.5) is 4.39 Å². The third kappa shape index (κ3) is 4.83. The molecule has 3 heterocycles. The van der Waals surface area contributed by atoms with Crippen LogP contribution in [0.5, 0.6) is 0 Å². The molecule has 1 aliphatic heterocycles. The number of benzene rings is 1. The molecule has 2 amide bonds. The second-order valence-electron chi connectivity index (χ2n) is 7.82. The van der Waals surface area contributed by atoms with Crippen molar-refractivity contribution in [2.24, 2.45) is 0 Å². The monoisotopic (exact) mass is 469 g/mol. The highest BCUT2D eigenvalue weighted by atomic mass is 32.1. The molecule has 0 atom stereocenters. The Labute approximate surface area is 195 Å². The van der Waals surface area contributed by atoms with Crippen LogP contribution in [0.3, 0.4) is 0 Å². The van der Waals surface area contributed by atoms with E-state index in [-0.39, 0.29) is 24.2 Å². The zero-order valence-electron chi connectivity index (χ0n) is 18.4. The van der Waals surface area contributed by atoms with Gasteiger partial charge >= 0.3 is 5.97 Å². The second kappa shape index (κ2) is 9.58. The van der Waals surface area contributed by atoms with Crippen LogP contribution in [0.1, 0.15) is 31.4 Å². The molecule has 172 valence electrons. The Hall–Kier alpha value is -3.46. The quantitative estimate of drug-likeness (QED) is 0.537. The van der Waals surface area contributed by atoms with Gasteiger partial charge in [-0.15, -0.1) is 11.3 Å². The summed E-state index contributed by atoms with van der Waals surface area (Å²) in [5.74, 6) is -1.24. The third-order valence-electron chi connectivity index (χ3n) is 5.71. The van der Waals surface area contributed by atoms with Crippen molar-refractivity contribution < 1.29 is 23.5 Å². The minimum Gasteiger partial charge on any atom is -0.452 e. The number of amides is 2. The van der Waals surface area contributed by atoms with Gasteiger partial charge in [0, 0.05) is 43.3 Å². The van der Waals surface area contributed by atoms with E-state index in [9.17, 15) is 18.8 Å². The molecule has 3 aromatic rings. The van der Waals surface area contributed by atoms with Crippen molar-refractivity contribution >= 4 is 29.1 Å². The maximum atomic E-state index is 13.3. The molecule has 1 aliphatic rings. The molecule has 0 unspecified atom stereocenters. The summed E-state index contributed by atoms with van der Waals surface area (Å²) in [4.78, 5) is 41.7. The summed E-state index contributed by atoms with van der Waals surface area (Å²) in [6.07, 6.45) is 0. The van der Waals surface area contributed by atoms with Gasteiger partial charge in [-0.25, -0.2) is 9.18 Å². The fraction of sp³-hybridized carbons (Fsp3) is 0.292.